The van der Waals surface area contributed by atoms with Gasteiger partial charge in [-0.1, -0.05) is 60.5 Å². The van der Waals surface area contributed by atoms with E-state index in [0.29, 0.717) is 31.0 Å². The Balaban J connectivity index is 2.25. The molecule has 152 valence electrons. The smallest absolute Gasteiger partial charge is 0.243 e. The molecule has 1 N–H and O–H groups in total. The maximum absolute atomic E-state index is 13.2. The molecule has 0 bridgehead atoms. The molecule has 6 heteroatoms. The number of hydrogen-bond acceptors (Lipinski definition) is 3. The predicted octanol–water partition coefficient (Wildman–Crippen LogP) is 4.84. The third kappa shape index (κ3) is 6.74. The van der Waals surface area contributed by atoms with Gasteiger partial charge in [0, 0.05) is 24.7 Å². The van der Waals surface area contributed by atoms with Crippen LogP contribution in [0.25, 0.3) is 6.08 Å². The van der Waals surface area contributed by atoms with Crippen LogP contribution >= 0.6 is 11.6 Å². The lowest BCUT2D eigenvalue weighted by Gasteiger charge is -2.24. The van der Waals surface area contributed by atoms with Crippen molar-refractivity contribution < 1.29 is 13.5 Å². The van der Waals surface area contributed by atoms with E-state index in [-0.39, 0.29) is 17.4 Å². The Morgan fingerprint density at radius 1 is 1.11 bits per heavy atom. The van der Waals surface area contributed by atoms with Crippen LogP contribution in [-0.2, 0) is 10.0 Å². The summed E-state index contributed by atoms with van der Waals surface area (Å²) in [6.07, 6.45) is 3.35. The maximum atomic E-state index is 13.2. The van der Waals surface area contributed by atoms with Crippen molar-refractivity contribution in [3.05, 3.63) is 70.8 Å². The normalized spacial score (nSPS) is 13.7. The van der Waals surface area contributed by atoms with Gasteiger partial charge in [-0.2, -0.15) is 4.31 Å². The molecule has 2 rings (SSSR count). The fourth-order valence-electron chi connectivity index (χ4n) is 2.93. The van der Waals surface area contributed by atoms with Gasteiger partial charge in [0.05, 0.1) is 4.90 Å². The highest BCUT2D eigenvalue weighted by atomic mass is 35.5. The molecule has 0 fully saturated rings. The van der Waals surface area contributed by atoms with E-state index in [2.05, 4.69) is 0 Å². The number of nitrogens with zero attached hydrogens (tertiary/aromatic N) is 1. The summed E-state index contributed by atoms with van der Waals surface area (Å²) in [5.41, 5.74) is 2.00. The molecule has 0 unspecified atom stereocenters. The summed E-state index contributed by atoms with van der Waals surface area (Å²) >= 11 is 5.91. The average molecular weight is 422 g/mol. The van der Waals surface area contributed by atoms with E-state index in [1.54, 1.807) is 12.1 Å². The van der Waals surface area contributed by atoms with E-state index in [1.807, 2.05) is 50.3 Å². The quantitative estimate of drug-likeness (QED) is 0.597. The van der Waals surface area contributed by atoms with Crippen LogP contribution in [0.5, 0.6) is 0 Å². The average Bonchev–Trinajstić information content (AvgIpc) is 2.66. The van der Waals surface area contributed by atoms with Gasteiger partial charge >= 0.3 is 0 Å². The predicted molar refractivity (Wildman–Crippen MR) is 116 cm³/mol. The van der Waals surface area contributed by atoms with Crippen molar-refractivity contribution in [2.75, 3.05) is 19.7 Å². The summed E-state index contributed by atoms with van der Waals surface area (Å²) in [5, 5.41) is 9.62. The zero-order valence-electron chi connectivity index (χ0n) is 16.4. The molecule has 28 heavy (non-hydrogen) atoms. The van der Waals surface area contributed by atoms with Crippen molar-refractivity contribution >= 4 is 27.7 Å². The molecule has 2 aromatic rings. The molecule has 4 nitrogen and oxygen atoms in total. The van der Waals surface area contributed by atoms with Crippen molar-refractivity contribution in [3.8, 4) is 0 Å². The highest BCUT2D eigenvalue weighted by molar-refractivity contribution is 7.89. The Bertz CT molecular complexity index is 864. The third-order valence-corrected chi connectivity index (χ3v) is 6.69. The van der Waals surface area contributed by atoms with Crippen molar-refractivity contribution in [3.63, 3.8) is 0 Å². The number of aliphatic hydroxyl groups excluding tert-OH is 1. The lowest BCUT2D eigenvalue weighted by atomic mass is 10.0. The molecular weight excluding hydrogens is 394 g/mol. The van der Waals surface area contributed by atoms with E-state index >= 15 is 0 Å². The van der Waals surface area contributed by atoms with Gasteiger partial charge in [0.15, 0.2) is 0 Å². The van der Waals surface area contributed by atoms with Crippen LogP contribution < -0.4 is 0 Å². The second-order valence-electron chi connectivity index (χ2n) is 7.10. The lowest BCUT2D eigenvalue weighted by molar-refractivity contribution is 0.253. The van der Waals surface area contributed by atoms with Crippen LogP contribution in [0, 0.1) is 5.92 Å². The Kier molecular flexibility index (Phi) is 8.70. The standard InChI is InChI=1S/C22H28ClNO3S/c1-18(13-15-25)12-14-24(17-19(2)16-20-6-4-3-5-7-20)28(26,27)22-10-8-21(23)9-11-22/h3-11,16,18,25H,12-15,17H2,1-2H3/t18-/m1/s1. The fraction of sp³-hybridized carbons (Fsp3) is 0.364. The van der Waals surface area contributed by atoms with E-state index in [0.717, 1.165) is 11.1 Å². The number of sulfonamides is 1. The Morgan fingerprint density at radius 3 is 2.36 bits per heavy atom. The summed E-state index contributed by atoms with van der Waals surface area (Å²) in [5.74, 6) is 0.242. The Labute approximate surface area is 173 Å². The van der Waals surface area contributed by atoms with Gasteiger partial charge in [-0.3, -0.25) is 0 Å². The van der Waals surface area contributed by atoms with Gasteiger partial charge in [-0.05, 0) is 55.5 Å². The zero-order chi connectivity index (χ0) is 20.6. The molecule has 0 aromatic heterocycles. The molecule has 0 aliphatic carbocycles. The number of benzene rings is 2. The minimum absolute atomic E-state index is 0.109. The summed E-state index contributed by atoms with van der Waals surface area (Å²) in [7, 11) is -3.64. The molecule has 0 saturated heterocycles. The Morgan fingerprint density at radius 2 is 1.75 bits per heavy atom. The number of aliphatic hydroxyl groups is 1. The molecule has 0 aliphatic heterocycles. The largest absolute Gasteiger partial charge is 0.396 e. The summed E-state index contributed by atoms with van der Waals surface area (Å²) in [4.78, 5) is 0.235. The molecule has 0 saturated carbocycles. The molecular formula is C22H28ClNO3S. The first-order valence-electron chi connectivity index (χ1n) is 9.41. The minimum Gasteiger partial charge on any atom is -0.396 e. The lowest BCUT2D eigenvalue weighted by Crippen LogP contribution is -2.34. The van der Waals surface area contributed by atoms with E-state index in [1.165, 1.54) is 16.4 Å². The van der Waals surface area contributed by atoms with Crippen LogP contribution in [0.15, 0.2) is 65.1 Å². The monoisotopic (exact) mass is 421 g/mol. The van der Waals surface area contributed by atoms with Crippen LogP contribution in [-0.4, -0.2) is 37.5 Å². The third-order valence-electron chi connectivity index (χ3n) is 4.58. The van der Waals surface area contributed by atoms with Crippen LogP contribution in [0.2, 0.25) is 5.02 Å². The first kappa shape index (κ1) is 22.6. The van der Waals surface area contributed by atoms with Crippen molar-refractivity contribution in [1.29, 1.82) is 0 Å². The SMILES string of the molecule is CC(=Cc1ccccc1)CN(CC[C@@H](C)CCO)S(=O)(=O)c1ccc(Cl)cc1. The van der Waals surface area contributed by atoms with E-state index in [4.69, 9.17) is 16.7 Å². The molecule has 0 radical (unpaired) electrons. The molecule has 0 heterocycles. The van der Waals surface area contributed by atoms with Gasteiger partial charge in [0.1, 0.15) is 0 Å². The van der Waals surface area contributed by atoms with Gasteiger partial charge in [0.25, 0.3) is 0 Å². The van der Waals surface area contributed by atoms with Crippen molar-refractivity contribution in [1.82, 2.24) is 4.31 Å². The number of halogens is 1. The molecule has 0 spiro atoms. The first-order valence-corrected chi connectivity index (χ1v) is 11.2. The first-order chi connectivity index (χ1) is 13.3. The summed E-state index contributed by atoms with van der Waals surface area (Å²) < 4.78 is 27.9. The number of hydrogen-bond donors (Lipinski definition) is 1. The molecule has 0 amide bonds. The maximum Gasteiger partial charge on any atom is 0.243 e. The topological polar surface area (TPSA) is 57.6 Å². The highest BCUT2D eigenvalue weighted by Gasteiger charge is 2.25. The van der Waals surface area contributed by atoms with Crippen LogP contribution in [0.1, 0.15) is 32.3 Å². The second kappa shape index (κ2) is 10.8. The van der Waals surface area contributed by atoms with Crippen molar-refractivity contribution in [2.45, 2.75) is 31.6 Å². The van der Waals surface area contributed by atoms with Crippen LogP contribution in [0.3, 0.4) is 0 Å². The second-order valence-corrected chi connectivity index (χ2v) is 9.47. The molecule has 0 aliphatic rings. The minimum atomic E-state index is -3.64. The van der Waals surface area contributed by atoms with E-state index < -0.39 is 10.0 Å². The molecule has 1 atom stereocenters. The van der Waals surface area contributed by atoms with Gasteiger partial charge in [-0.15, -0.1) is 0 Å². The molecule has 2 aromatic carbocycles. The van der Waals surface area contributed by atoms with Gasteiger partial charge in [0.2, 0.25) is 10.0 Å². The summed E-state index contributed by atoms with van der Waals surface area (Å²) in [6.45, 7) is 4.78. The Hall–Kier alpha value is -1.66. The van der Waals surface area contributed by atoms with Gasteiger partial charge in [-0.25, -0.2) is 8.42 Å². The number of rotatable bonds is 10. The summed E-state index contributed by atoms with van der Waals surface area (Å²) in [6, 6.07) is 16.1. The van der Waals surface area contributed by atoms with Crippen LogP contribution in [0.4, 0.5) is 0 Å². The zero-order valence-corrected chi connectivity index (χ0v) is 18.0. The van der Waals surface area contributed by atoms with E-state index in [9.17, 15) is 8.42 Å². The highest BCUT2D eigenvalue weighted by Crippen LogP contribution is 2.22. The van der Waals surface area contributed by atoms with Gasteiger partial charge < -0.3 is 5.11 Å². The fourth-order valence-corrected chi connectivity index (χ4v) is 4.55. The van der Waals surface area contributed by atoms with Crippen molar-refractivity contribution in [2.24, 2.45) is 5.92 Å².